The van der Waals surface area contributed by atoms with Crippen LogP contribution in [-0.4, -0.2) is 40.6 Å². The van der Waals surface area contributed by atoms with E-state index >= 15 is 0 Å². The summed E-state index contributed by atoms with van der Waals surface area (Å²) in [6, 6.07) is 0. The minimum atomic E-state index is 0.671. The van der Waals surface area contributed by atoms with Crippen LogP contribution in [0.4, 0.5) is 5.95 Å². The Morgan fingerprint density at radius 1 is 1.35 bits per heavy atom. The van der Waals surface area contributed by atoms with Gasteiger partial charge in [0.25, 0.3) is 0 Å². The third-order valence-corrected chi connectivity index (χ3v) is 3.45. The van der Waals surface area contributed by atoms with Crippen molar-refractivity contribution >= 4 is 5.95 Å². The Balaban J connectivity index is 1.70. The van der Waals surface area contributed by atoms with Crippen LogP contribution in [0, 0.1) is 5.92 Å². The van der Waals surface area contributed by atoms with E-state index in [2.05, 4.69) is 22.1 Å². The number of aromatic nitrogens is 2. The Bertz CT molecular complexity index is 328. The molecule has 0 spiro atoms. The predicted octanol–water partition coefficient (Wildman–Crippen LogP) is 1.95. The number of likely N-dealkylation sites (tertiary alicyclic amines) is 1. The molecule has 0 aromatic carbocycles. The molecule has 1 atom stereocenters. The standard InChI is InChI=1S/C13H24N4/c1-12(11-17-7-4-3-5-8-17)10-15-13-14-6-9-16(13)2/h6,9,12H,3-5,7-8,10-11H2,1-2H3,(H,14,15). The summed E-state index contributed by atoms with van der Waals surface area (Å²) < 4.78 is 2.02. The molecule has 1 aromatic rings. The monoisotopic (exact) mass is 236 g/mol. The molecule has 1 aliphatic rings. The lowest BCUT2D eigenvalue weighted by atomic mass is 10.1. The second-order valence-electron chi connectivity index (χ2n) is 5.21. The first-order chi connectivity index (χ1) is 8.25. The summed E-state index contributed by atoms with van der Waals surface area (Å²) in [5.41, 5.74) is 0. The van der Waals surface area contributed by atoms with Crippen LogP contribution in [0.15, 0.2) is 12.4 Å². The Hall–Kier alpha value is -1.03. The Labute approximate surface area is 104 Å². The maximum absolute atomic E-state index is 4.27. The predicted molar refractivity (Wildman–Crippen MR) is 71.2 cm³/mol. The molecule has 0 radical (unpaired) electrons. The van der Waals surface area contributed by atoms with Crippen LogP contribution < -0.4 is 5.32 Å². The minimum absolute atomic E-state index is 0.671. The van der Waals surface area contributed by atoms with E-state index in [1.165, 1.54) is 38.9 Å². The lowest BCUT2D eigenvalue weighted by Crippen LogP contribution is -2.35. The first kappa shape index (κ1) is 12.4. The smallest absolute Gasteiger partial charge is 0.202 e. The van der Waals surface area contributed by atoms with Gasteiger partial charge in [-0.25, -0.2) is 4.98 Å². The topological polar surface area (TPSA) is 33.1 Å². The quantitative estimate of drug-likeness (QED) is 0.848. The highest BCUT2D eigenvalue weighted by Crippen LogP contribution is 2.11. The van der Waals surface area contributed by atoms with Crippen LogP contribution in [0.3, 0.4) is 0 Å². The van der Waals surface area contributed by atoms with Gasteiger partial charge in [0, 0.05) is 32.5 Å². The number of nitrogens with one attached hydrogen (secondary N) is 1. The number of anilines is 1. The van der Waals surface area contributed by atoms with E-state index in [0.29, 0.717) is 5.92 Å². The van der Waals surface area contributed by atoms with Crippen LogP contribution in [0.5, 0.6) is 0 Å². The van der Waals surface area contributed by atoms with Crippen molar-refractivity contribution in [2.45, 2.75) is 26.2 Å². The molecule has 17 heavy (non-hydrogen) atoms. The zero-order valence-electron chi connectivity index (χ0n) is 11.0. The van der Waals surface area contributed by atoms with Gasteiger partial charge in [-0.2, -0.15) is 0 Å². The highest BCUT2D eigenvalue weighted by molar-refractivity contribution is 5.25. The second-order valence-corrected chi connectivity index (χ2v) is 5.21. The van der Waals surface area contributed by atoms with Crippen LogP contribution >= 0.6 is 0 Å². The summed E-state index contributed by atoms with van der Waals surface area (Å²) in [6.07, 6.45) is 7.96. The lowest BCUT2D eigenvalue weighted by Gasteiger charge is -2.29. The van der Waals surface area contributed by atoms with Gasteiger partial charge in [-0.3, -0.25) is 0 Å². The van der Waals surface area contributed by atoms with E-state index in [1.54, 1.807) is 0 Å². The van der Waals surface area contributed by atoms with Crippen molar-refractivity contribution in [2.24, 2.45) is 13.0 Å². The zero-order chi connectivity index (χ0) is 12.1. The van der Waals surface area contributed by atoms with E-state index in [4.69, 9.17) is 0 Å². The molecule has 0 saturated carbocycles. The van der Waals surface area contributed by atoms with Crippen molar-refractivity contribution in [3.8, 4) is 0 Å². The molecule has 1 aliphatic heterocycles. The summed E-state index contributed by atoms with van der Waals surface area (Å²) >= 11 is 0. The van der Waals surface area contributed by atoms with E-state index in [9.17, 15) is 0 Å². The number of nitrogens with zero attached hydrogens (tertiary/aromatic N) is 3. The number of rotatable bonds is 5. The van der Waals surface area contributed by atoms with Gasteiger partial charge in [-0.15, -0.1) is 0 Å². The number of hydrogen-bond acceptors (Lipinski definition) is 3. The van der Waals surface area contributed by atoms with Crippen molar-refractivity contribution in [3.63, 3.8) is 0 Å². The molecule has 4 heteroatoms. The average Bonchev–Trinajstić information content (AvgIpc) is 2.74. The van der Waals surface area contributed by atoms with Crippen LogP contribution in [0.1, 0.15) is 26.2 Å². The van der Waals surface area contributed by atoms with Crippen LogP contribution in [-0.2, 0) is 7.05 Å². The number of piperidine rings is 1. The Morgan fingerprint density at radius 3 is 2.76 bits per heavy atom. The molecule has 2 rings (SSSR count). The van der Waals surface area contributed by atoms with E-state index in [1.807, 2.05) is 24.0 Å². The second kappa shape index (κ2) is 6.05. The maximum Gasteiger partial charge on any atom is 0.202 e. The van der Waals surface area contributed by atoms with Crippen molar-refractivity contribution in [1.82, 2.24) is 14.5 Å². The van der Waals surface area contributed by atoms with Gasteiger partial charge < -0.3 is 14.8 Å². The highest BCUT2D eigenvalue weighted by atomic mass is 15.2. The molecule has 0 bridgehead atoms. The average molecular weight is 236 g/mol. The number of imidazole rings is 1. The van der Waals surface area contributed by atoms with Gasteiger partial charge in [0.05, 0.1) is 0 Å². The molecule has 1 N–H and O–H groups in total. The largest absolute Gasteiger partial charge is 0.355 e. The van der Waals surface area contributed by atoms with Crippen LogP contribution in [0.2, 0.25) is 0 Å². The van der Waals surface area contributed by atoms with Gasteiger partial charge in [0.15, 0.2) is 0 Å². The Morgan fingerprint density at radius 2 is 2.12 bits per heavy atom. The first-order valence-corrected chi connectivity index (χ1v) is 6.69. The molecule has 0 amide bonds. The van der Waals surface area contributed by atoms with E-state index < -0.39 is 0 Å². The lowest BCUT2D eigenvalue weighted by molar-refractivity contribution is 0.204. The van der Waals surface area contributed by atoms with Crippen molar-refractivity contribution in [3.05, 3.63) is 12.4 Å². The summed E-state index contributed by atoms with van der Waals surface area (Å²) in [6.45, 7) is 7.09. The molecule has 1 unspecified atom stereocenters. The third-order valence-electron chi connectivity index (χ3n) is 3.45. The summed E-state index contributed by atoms with van der Waals surface area (Å²) in [5.74, 6) is 1.64. The van der Waals surface area contributed by atoms with Crippen molar-refractivity contribution < 1.29 is 0 Å². The van der Waals surface area contributed by atoms with E-state index in [-0.39, 0.29) is 0 Å². The molecule has 1 saturated heterocycles. The number of aryl methyl sites for hydroxylation is 1. The highest BCUT2D eigenvalue weighted by Gasteiger charge is 2.13. The normalized spacial score (nSPS) is 19.2. The maximum atomic E-state index is 4.27. The molecule has 4 nitrogen and oxygen atoms in total. The molecular formula is C13H24N4. The third kappa shape index (κ3) is 3.73. The van der Waals surface area contributed by atoms with Gasteiger partial charge in [0.1, 0.15) is 0 Å². The molecule has 1 aromatic heterocycles. The first-order valence-electron chi connectivity index (χ1n) is 6.69. The van der Waals surface area contributed by atoms with Gasteiger partial charge in [-0.1, -0.05) is 13.3 Å². The molecule has 96 valence electrons. The molecule has 0 aliphatic carbocycles. The molecule has 2 heterocycles. The SMILES string of the molecule is CC(CNc1nccn1C)CN1CCCCC1. The van der Waals surface area contributed by atoms with Gasteiger partial charge in [0.2, 0.25) is 5.95 Å². The summed E-state index contributed by atoms with van der Waals surface area (Å²) in [7, 11) is 2.02. The Kier molecular flexibility index (Phi) is 4.42. The minimum Gasteiger partial charge on any atom is -0.355 e. The summed E-state index contributed by atoms with van der Waals surface area (Å²) in [4.78, 5) is 6.86. The molecule has 1 fully saturated rings. The summed E-state index contributed by atoms with van der Waals surface area (Å²) in [5, 5.41) is 3.41. The zero-order valence-corrected chi connectivity index (χ0v) is 11.0. The van der Waals surface area contributed by atoms with Gasteiger partial charge >= 0.3 is 0 Å². The number of hydrogen-bond donors (Lipinski definition) is 1. The van der Waals surface area contributed by atoms with Gasteiger partial charge in [-0.05, 0) is 31.8 Å². The van der Waals surface area contributed by atoms with Crippen LogP contribution in [0.25, 0.3) is 0 Å². The fourth-order valence-corrected chi connectivity index (χ4v) is 2.45. The van der Waals surface area contributed by atoms with E-state index in [0.717, 1.165) is 12.5 Å². The van der Waals surface area contributed by atoms with Crippen molar-refractivity contribution in [2.75, 3.05) is 31.5 Å². The fourth-order valence-electron chi connectivity index (χ4n) is 2.45. The fraction of sp³-hybridized carbons (Fsp3) is 0.769. The molecular weight excluding hydrogens is 212 g/mol. The van der Waals surface area contributed by atoms with Crippen molar-refractivity contribution in [1.29, 1.82) is 0 Å².